The van der Waals surface area contributed by atoms with Crippen molar-refractivity contribution in [2.24, 2.45) is 5.92 Å². The third kappa shape index (κ3) is 3.82. The van der Waals surface area contributed by atoms with E-state index in [1.807, 2.05) is 0 Å². The van der Waals surface area contributed by atoms with Gasteiger partial charge in [-0.05, 0) is 39.1 Å². The van der Waals surface area contributed by atoms with Gasteiger partial charge in [-0.15, -0.1) is 0 Å². The van der Waals surface area contributed by atoms with Crippen LogP contribution in [0.3, 0.4) is 0 Å². The Morgan fingerprint density at radius 3 is 2.84 bits per heavy atom. The predicted molar refractivity (Wildman–Crippen MR) is 126 cm³/mol. The number of nitrogens with one attached hydrogen (secondary N) is 1. The molecule has 1 N–H and O–H groups in total. The lowest BCUT2D eigenvalue weighted by Gasteiger charge is -2.46. The van der Waals surface area contributed by atoms with Gasteiger partial charge < -0.3 is 24.8 Å². The summed E-state index contributed by atoms with van der Waals surface area (Å²) >= 11 is 0. The Kier molecular flexibility index (Phi) is 5.22. The molecule has 2 fully saturated rings. The highest BCUT2D eigenvalue weighted by molar-refractivity contribution is 5.99. The highest BCUT2D eigenvalue weighted by atomic mass is 16.5. The molecule has 7 nitrogen and oxygen atoms in total. The molecule has 0 bridgehead atoms. The highest BCUT2D eigenvalue weighted by Gasteiger charge is 2.34. The summed E-state index contributed by atoms with van der Waals surface area (Å²) in [7, 11) is 2.16. The third-order valence-electron chi connectivity index (χ3n) is 6.43. The molecule has 7 heteroatoms. The summed E-state index contributed by atoms with van der Waals surface area (Å²) in [6.07, 6.45) is 6.14. The van der Waals surface area contributed by atoms with Gasteiger partial charge in [0.05, 0.1) is 22.6 Å². The molecule has 164 valence electrons. The fraction of sp³-hybridized carbons (Fsp3) is 0.500. The van der Waals surface area contributed by atoms with Gasteiger partial charge in [-0.3, -0.25) is 0 Å². The van der Waals surface area contributed by atoms with Crippen LogP contribution in [0.1, 0.15) is 13.8 Å². The Morgan fingerprint density at radius 1 is 1.23 bits per heavy atom. The maximum atomic E-state index is 6.35. The number of hydrogen-bond donors (Lipinski definition) is 1. The molecule has 0 spiro atoms. The molecule has 0 aliphatic carbocycles. The predicted octanol–water partition coefficient (Wildman–Crippen LogP) is 2.96. The van der Waals surface area contributed by atoms with Gasteiger partial charge in [0.2, 0.25) is 0 Å². The second-order valence-corrected chi connectivity index (χ2v) is 9.27. The summed E-state index contributed by atoms with van der Waals surface area (Å²) in [5.41, 5.74) is 3.16. The van der Waals surface area contributed by atoms with E-state index in [1.165, 1.54) is 0 Å². The summed E-state index contributed by atoms with van der Waals surface area (Å²) in [5, 5.41) is 4.43. The van der Waals surface area contributed by atoms with Crippen LogP contribution in [0.4, 0.5) is 11.5 Å². The zero-order chi connectivity index (χ0) is 21.5. The number of fused-ring (bicyclic) bond motifs is 5. The van der Waals surface area contributed by atoms with Crippen LogP contribution < -0.4 is 15.0 Å². The number of piperazine rings is 1. The third-order valence-corrected chi connectivity index (χ3v) is 6.43. The number of rotatable bonds is 5. The van der Waals surface area contributed by atoms with Crippen molar-refractivity contribution in [3.8, 4) is 5.75 Å². The van der Waals surface area contributed by atoms with E-state index < -0.39 is 0 Å². The monoisotopic (exact) mass is 420 g/mol. The highest BCUT2D eigenvalue weighted by Crippen LogP contribution is 2.43. The minimum absolute atomic E-state index is 0.285. The average Bonchev–Trinajstić information content (AvgIpc) is 2.74. The van der Waals surface area contributed by atoms with Crippen molar-refractivity contribution in [2.45, 2.75) is 25.9 Å². The fourth-order valence-corrected chi connectivity index (χ4v) is 4.84. The van der Waals surface area contributed by atoms with Gasteiger partial charge in [0.15, 0.2) is 5.75 Å². The SMILES string of the molecule is C=C(/C=C/C1CN(C)C1)N1CCN2c3ccc4ncnc(NC(C)C)c4c3OCC2C1. The molecule has 31 heavy (non-hydrogen) atoms. The Labute approximate surface area is 184 Å². The topological polar surface area (TPSA) is 56.8 Å². The standard InChI is InChI=1S/C24H32N6O/c1-16(2)27-24-22-20(25-15-26-24)7-8-21-23(22)31-14-19-13-29(9-10-30(19)21)17(3)5-6-18-11-28(4)12-18/h5-8,15-16,18-19H,3,9-14H2,1-2,4H3,(H,25,26,27)/b6-5+. The fourth-order valence-electron chi connectivity index (χ4n) is 4.84. The van der Waals surface area contributed by atoms with Crippen molar-refractivity contribution in [2.75, 3.05) is 56.6 Å². The number of nitrogens with zero attached hydrogens (tertiary/aromatic N) is 5. The van der Waals surface area contributed by atoms with Crippen molar-refractivity contribution >= 4 is 22.4 Å². The zero-order valence-corrected chi connectivity index (χ0v) is 18.7. The first kappa shape index (κ1) is 20.1. The molecular weight excluding hydrogens is 388 g/mol. The maximum absolute atomic E-state index is 6.35. The molecule has 0 amide bonds. The Hall–Kier alpha value is -2.80. The van der Waals surface area contributed by atoms with E-state index in [1.54, 1.807) is 6.33 Å². The second-order valence-electron chi connectivity index (χ2n) is 9.27. The summed E-state index contributed by atoms with van der Waals surface area (Å²) in [6, 6.07) is 4.82. The number of likely N-dealkylation sites (tertiary alicyclic amines) is 1. The van der Waals surface area contributed by atoms with Gasteiger partial charge in [-0.2, -0.15) is 0 Å². The molecule has 1 unspecified atom stereocenters. The van der Waals surface area contributed by atoms with Gasteiger partial charge in [0.25, 0.3) is 0 Å². The van der Waals surface area contributed by atoms with Crippen LogP contribution in [-0.2, 0) is 0 Å². The van der Waals surface area contributed by atoms with E-state index in [-0.39, 0.29) is 6.04 Å². The molecule has 0 radical (unpaired) electrons. The first-order valence-corrected chi connectivity index (χ1v) is 11.2. The molecule has 2 saturated heterocycles. The quantitative estimate of drug-likeness (QED) is 0.747. The second kappa shape index (κ2) is 8.04. The van der Waals surface area contributed by atoms with Crippen molar-refractivity contribution in [1.82, 2.24) is 19.8 Å². The number of anilines is 2. The maximum Gasteiger partial charge on any atom is 0.155 e. The van der Waals surface area contributed by atoms with Crippen LogP contribution in [0.15, 0.2) is 42.9 Å². The first-order valence-electron chi connectivity index (χ1n) is 11.2. The van der Waals surface area contributed by atoms with Crippen LogP contribution in [0.25, 0.3) is 10.9 Å². The number of ether oxygens (including phenoxy) is 1. The van der Waals surface area contributed by atoms with E-state index >= 15 is 0 Å². The molecule has 1 atom stereocenters. The van der Waals surface area contributed by atoms with Crippen molar-refractivity contribution < 1.29 is 4.74 Å². The Morgan fingerprint density at radius 2 is 2.06 bits per heavy atom. The van der Waals surface area contributed by atoms with Crippen LogP contribution in [0, 0.1) is 5.92 Å². The van der Waals surface area contributed by atoms with E-state index in [4.69, 9.17) is 4.74 Å². The summed E-state index contributed by atoms with van der Waals surface area (Å²) < 4.78 is 6.35. The largest absolute Gasteiger partial charge is 0.488 e. The van der Waals surface area contributed by atoms with Crippen LogP contribution in [-0.4, -0.2) is 78.2 Å². The molecule has 2 aromatic rings. The van der Waals surface area contributed by atoms with Gasteiger partial charge in [0.1, 0.15) is 18.8 Å². The molecule has 5 rings (SSSR count). The van der Waals surface area contributed by atoms with Crippen molar-refractivity contribution in [3.63, 3.8) is 0 Å². The number of aromatic nitrogens is 2. The number of allylic oxidation sites excluding steroid dienone is 1. The van der Waals surface area contributed by atoms with Crippen molar-refractivity contribution in [1.29, 1.82) is 0 Å². The van der Waals surface area contributed by atoms with Crippen molar-refractivity contribution in [3.05, 3.63) is 42.9 Å². The average molecular weight is 421 g/mol. The van der Waals surface area contributed by atoms with Gasteiger partial charge >= 0.3 is 0 Å². The lowest BCUT2D eigenvalue weighted by molar-refractivity contribution is 0.169. The van der Waals surface area contributed by atoms with E-state index in [2.05, 4.69) is 81.7 Å². The van der Waals surface area contributed by atoms with Crippen LogP contribution in [0.5, 0.6) is 5.75 Å². The summed E-state index contributed by atoms with van der Waals surface area (Å²) in [5.74, 6) is 2.41. The van der Waals surface area contributed by atoms with Crippen LogP contribution in [0.2, 0.25) is 0 Å². The molecule has 0 saturated carbocycles. The summed E-state index contributed by atoms with van der Waals surface area (Å²) in [6.45, 7) is 14.4. The van der Waals surface area contributed by atoms with Crippen LogP contribution >= 0.6 is 0 Å². The van der Waals surface area contributed by atoms with Gasteiger partial charge in [0, 0.05) is 50.4 Å². The number of hydrogen-bond acceptors (Lipinski definition) is 7. The summed E-state index contributed by atoms with van der Waals surface area (Å²) in [4.78, 5) is 16.2. The lowest BCUT2D eigenvalue weighted by atomic mass is 10.00. The van der Waals surface area contributed by atoms with E-state index in [9.17, 15) is 0 Å². The van der Waals surface area contributed by atoms with Gasteiger partial charge in [-0.25, -0.2) is 9.97 Å². The molecule has 1 aromatic carbocycles. The Balaban J connectivity index is 1.35. The molecule has 4 heterocycles. The normalized spacial score (nSPS) is 21.7. The molecule has 3 aliphatic rings. The molecule has 1 aromatic heterocycles. The molecule has 3 aliphatic heterocycles. The number of benzene rings is 1. The lowest BCUT2D eigenvalue weighted by Crippen LogP contribution is -2.56. The minimum Gasteiger partial charge on any atom is -0.488 e. The first-order chi connectivity index (χ1) is 15.0. The smallest absolute Gasteiger partial charge is 0.155 e. The molecular formula is C24H32N6O. The Bertz CT molecular complexity index is 1010. The van der Waals surface area contributed by atoms with E-state index in [0.29, 0.717) is 18.6 Å². The minimum atomic E-state index is 0.285. The zero-order valence-electron chi connectivity index (χ0n) is 18.7. The van der Waals surface area contributed by atoms with Gasteiger partial charge in [-0.1, -0.05) is 12.7 Å². The van der Waals surface area contributed by atoms with E-state index in [0.717, 1.165) is 66.6 Å².